The van der Waals surface area contributed by atoms with Gasteiger partial charge < -0.3 is 5.11 Å². The molecule has 0 spiro atoms. The second-order valence-electron chi connectivity index (χ2n) is 3.68. The maximum atomic E-state index is 10.6. The van der Waals surface area contributed by atoms with Gasteiger partial charge in [0.15, 0.2) is 0 Å². The number of hydrogen-bond donors (Lipinski definition) is 1. The van der Waals surface area contributed by atoms with Gasteiger partial charge in [0.2, 0.25) is 0 Å². The molecule has 1 aromatic carbocycles. The molecule has 0 radical (unpaired) electrons. The Morgan fingerprint density at radius 2 is 2.36 bits per heavy atom. The highest BCUT2D eigenvalue weighted by Crippen LogP contribution is 2.36. The number of aliphatic carboxylic acids is 1. The van der Waals surface area contributed by atoms with Crippen molar-refractivity contribution < 1.29 is 9.90 Å². The van der Waals surface area contributed by atoms with E-state index in [-0.39, 0.29) is 12.3 Å². The molecule has 1 aliphatic carbocycles. The van der Waals surface area contributed by atoms with Gasteiger partial charge in [0.1, 0.15) is 0 Å². The van der Waals surface area contributed by atoms with Crippen LogP contribution in [-0.4, -0.2) is 11.1 Å². The summed E-state index contributed by atoms with van der Waals surface area (Å²) in [4.78, 5) is 10.6. The fourth-order valence-electron chi connectivity index (χ4n) is 2.10. The van der Waals surface area contributed by atoms with Gasteiger partial charge in [-0.1, -0.05) is 22.0 Å². The monoisotopic (exact) mass is 254 g/mol. The SMILES string of the molecule is O=C(O)CC1CCc2cc(Br)ccc21. The summed E-state index contributed by atoms with van der Waals surface area (Å²) < 4.78 is 1.08. The van der Waals surface area contributed by atoms with E-state index in [4.69, 9.17) is 5.11 Å². The van der Waals surface area contributed by atoms with Crippen LogP contribution in [0.15, 0.2) is 22.7 Å². The Morgan fingerprint density at radius 1 is 1.57 bits per heavy atom. The normalized spacial score (nSPS) is 19.4. The van der Waals surface area contributed by atoms with Crippen molar-refractivity contribution in [2.24, 2.45) is 0 Å². The molecule has 14 heavy (non-hydrogen) atoms. The van der Waals surface area contributed by atoms with Gasteiger partial charge in [-0.15, -0.1) is 0 Å². The molecule has 0 saturated heterocycles. The van der Waals surface area contributed by atoms with E-state index in [2.05, 4.69) is 22.0 Å². The lowest BCUT2D eigenvalue weighted by atomic mass is 9.98. The molecule has 0 bridgehead atoms. The number of carboxylic acid groups (broad SMARTS) is 1. The number of aryl methyl sites for hydroxylation is 1. The molecular formula is C11H11BrO2. The third kappa shape index (κ3) is 1.82. The summed E-state index contributed by atoms with van der Waals surface area (Å²) in [5.74, 6) is -0.485. The van der Waals surface area contributed by atoms with Crippen LogP contribution in [0, 0.1) is 0 Å². The molecule has 0 fully saturated rings. The maximum absolute atomic E-state index is 10.6. The third-order valence-electron chi connectivity index (χ3n) is 2.73. The van der Waals surface area contributed by atoms with E-state index in [9.17, 15) is 4.79 Å². The Hall–Kier alpha value is -0.830. The molecule has 1 aliphatic rings. The lowest BCUT2D eigenvalue weighted by Crippen LogP contribution is -2.02. The Labute approximate surface area is 91.1 Å². The zero-order chi connectivity index (χ0) is 10.1. The van der Waals surface area contributed by atoms with E-state index in [1.807, 2.05) is 12.1 Å². The molecule has 1 N–H and O–H groups in total. The van der Waals surface area contributed by atoms with E-state index in [0.29, 0.717) is 0 Å². The van der Waals surface area contributed by atoms with Gasteiger partial charge in [-0.25, -0.2) is 0 Å². The highest BCUT2D eigenvalue weighted by Gasteiger charge is 2.24. The van der Waals surface area contributed by atoms with E-state index >= 15 is 0 Å². The number of carboxylic acids is 1. The highest BCUT2D eigenvalue weighted by molar-refractivity contribution is 9.10. The van der Waals surface area contributed by atoms with Crippen molar-refractivity contribution >= 4 is 21.9 Å². The third-order valence-corrected chi connectivity index (χ3v) is 3.22. The van der Waals surface area contributed by atoms with Crippen molar-refractivity contribution in [2.75, 3.05) is 0 Å². The van der Waals surface area contributed by atoms with Gasteiger partial charge in [-0.3, -0.25) is 4.79 Å². The second-order valence-corrected chi connectivity index (χ2v) is 4.59. The van der Waals surface area contributed by atoms with Crippen LogP contribution in [0.3, 0.4) is 0 Å². The first-order valence-corrected chi connectivity index (χ1v) is 5.46. The van der Waals surface area contributed by atoms with Crippen LogP contribution in [0.25, 0.3) is 0 Å². The zero-order valence-corrected chi connectivity index (χ0v) is 9.25. The van der Waals surface area contributed by atoms with E-state index in [0.717, 1.165) is 17.3 Å². The Bertz CT molecular complexity index is 374. The van der Waals surface area contributed by atoms with Gasteiger partial charge in [-0.05, 0) is 42.0 Å². The van der Waals surface area contributed by atoms with Gasteiger partial charge in [0, 0.05) is 4.47 Å². The fraction of sp³-hybridized carbons (Fsp3) is 0.364. The average Bonchev–Trinajstić information content (AvgIpc) is 2.47. The second kappa shape index (κ2) is 3.73. The summed E-state index contributed by atoms with van der Waals surface area (Å²) >= 11 is 3.42. The molecule has 2 rings (SSSR count). The first kappa shape index (κ1) is 9.71. The van der Waals surface area contributed by atoms with E-state index in [1.54, 1.807) is 0 Å². The first-order chi connectivity index (χ1) is 6.66. The van der Waals surface area contributed by atoms with Crippen LogP contribution in [-0.2, 0) is 11.2 Å². The summed E-state index contributed by atoms with van der Waals surface area (Å²) in [6.07, 6.45) is 2.24. The van der Waals surface area contributed by atoms with Crippen molar-refractivity contribution in [1.29, 1.82) is 0 Å². The topological polar surface area (TPSA) is 37.3 Å². The zero-order valence-electron chi connectivity index (χ0n) is 7.66. The lowest BCUT2D eigenvalue weighted by molar-refractivity contribution is -0.137. The van der Waals surface area contributed by atoms with E-state index < -0.39 is 5.97 Å². The largest absolute Gasteiger partial charge is 0.481 e. The number of hydrogen-bond acceptors (Lipinski definition) is 1. The Balaban J connectivity index is 2.26. The van der Waals surface area contributed by atoms with Crippen LogP contribution in [0.2, 0.25) is 0 Å². The molecule has 0 aromatic heterocycles. The molecular weight excluding hydrogens is 244 g/mol. The molecule has 0 amide bonds. The Morgan fingerprint density at radius 3 is 3.07 bits per heavy atom. The molecule has 1 aromatic rings. The predicted octanol–water partition coefficient (Wildman–Crippen LogP) is 2.95. The smallest absolute Gasteiger partial charge is 0.303 e. The summed E-state index contributed by atoms with van der Waals surface area (Å²) in [6.45, 7) is 0. The number of carbonyl (C=O) groups is 1. The molecule has 1 unspecified atom stereocenters. The molecule has 74 valence electrons. The van der Waals surface area contributed by atoms with Crippen molar-refractivity contribution in [3.05, 3.63) is 33.8 Å². The standard InChI is InChI=1S/C11H11BrO2/c12-9-3-4-10-7(5-9)1-2-8(10)6-11(13)14/h3-5,8H,1-2,6H2,(H,13,14). The lowest BCUT2D eigenvalue weighted by Gasteiger charge is -2.07. The summed E-state index contributed by atoms with van der Waals surface area (Å²) in [5, 5.41) is 8.74. The summed E-state index contributed by atoms with van der Waals surface area (Å²) in [7, 11) is 0. The Kier molecular flexibility index (Phi) is 2.59. The fourth-order valence-corrected chi connectivity index (χ4v) is 2.51. The number of fused-ring (bicyclic) bond motifs is 1. The van der Waals surface area contributed by atoms with Crippen LogP contribution in [0.4, 0.5) is 0 Å². The summed E-state index contributed by atoms with van der Waals surface area (Å²) in [5.41, 5.74) is 2.52. The van der Waals surface area contributed by atoms with Gasteiger partial charge >= 0.3 is 5.97 Å². The number of halogens is 1. The van der Waals surface area contributed by atoms with Gasteiger partial charge in [-0.2, -0.15) is 0 Å². The van der Waals surface area contributed by atoms with Crippen molar-refractivity contribution in [3.63, 3.8) is 0 Å². The van der Waals surface area contributed by atoms with Crippen LogP contribution in [0.1, 0.15) is 29.9 Å². The minimum absolute atomic E-state index is 0.218. The van der Waals surface area contributed by atoms with Gasteiger partial charge in [0.05, 0.1) is 6.42 Å². The summed E-state index contributed by atoms with van der Waals surface area (Å²) in [6, 6.07) is 6.12. The molecule has 1 atom stereocenters. The molecule has 2 nitrogen and oxygen atoms in total. The van der Waals surface area contributed by atoms with Crippen molar-refractivity contribution in [3.8, 4) is 0 Å². The van der Waals surface area contributed by atoms with Crippen LogP contribution >= 0.6 is 15.9 Å². The minimum Gasteiger partial charge on any atom is -0.481 e. The molecule has 3 heteroatoms. The predicted molar refractivity (Wildman–Crippen MR) is 57.5 cm³/mol. The average molecular weight is 255 g/mol. The van der Waals surface area contributed by atoms with Gasteiger partial charge in [0.25, 0.3) is 0 Å². The van der Waals surface area contributed by atoms with Crippen molar-refractivity contribution in [2.45, 2.75) is 25.2 Å². The number of benzene rings is 1. The minimum atomic E-state index is -0.703. The van der Waals surface area contributed by atoms with E-state index in [1.165, 1.54) is 11.1 Å². The van der Waals surface area contributed by atoms with Crippen LogP contribution in [0.5, 0.6) is 0 Å². The molecule has 0 heterocycles. The van der Waals surface area contributed by atoms with Crippen molar-refractivity contribution in [1.82, 2.24) is 0 Å². The highest BCUT2D eigenvalue weighted by atomic mass is 79.9. The quantitative estimate of drug-likeness (QED) is 0.882. The molecule has 0 saturated carbocycles. The maximum Gasteiger partial charge on any atom is 0.303 e. The number of rotatable bonds is 2. The first-order valence-electron chi connectivity index (χ1n) is 4.67. The molecule has 0 aliphatic heterocycles. The van der Waals surface area contributed by atoms with Crippen LogP contribution < -0.4 is 0 Å².